The highest BCUT2D eigenvalue weighted by Gasteiger charge is 2.30. The Labute approximate surface area is 114 Å². The van der Waals surface area contributed by atoms with Crippen LogP contribution >= 0.6 is 0 Å². The first kappa shape index (κ1) is 14.7. The van der Waals surface area contributed by atoms with Gasteiger partial charge in [-0.05, 0) is 25.2 Å². The number of piperidine rings is 1. The molecule has 1 fully saturated rings. The zero-order valence-electron chi connectivity index (χ0n) is 11.3. The van der Waals surface area contributed by atoms with E-state index < -0.39 is 10.0 Å². The summed E-state index contributed by atoms with van der Waals surface area (Å²) >= 11 is 0. The van der Waals surface area contributed by atoms with Crippen molar-refractivity contribution >= 4 is 15.8 Å². The molecule has 0 radical (unpaired) electrons. The van der Waals surface area contributed by atoms with Gasteiger partial charge in [0, 0.05) is 31.5 Å². The van der Waals surface area contributed by atoms with Crippen LogP contribution in [0.5, 0.6) is 0 Å². The summed E-state index contributed by atoms with van der Waals surface area (Å²) in [6.45, 7) is 1.06. The van der Waals surface area contributed by atoms with Crippen LogP contribution in [0.15, 0.2) is 12.2 Å². The average Bonchev–Trinajstić information content (AvgIpc) is 2.75. The van der Waals surface area contributed by atoms with Gasteiger partial charge in [-0.1, -0.05) is 12.2 Å². The lowest BCUT2D eigenvalue weighted by Gasteiger charge is -2.31. The second kappa shape index (κ2) is 5.73. The highest BCUT2D eigenvalue weighted by Crippen LogP contribution is 2.26. The standard InChI is InChI=1S/C13H22N2O3S/c1-19(17,18)15-6-2-3-10(9-15)7-13(16)11-4-5-12(14)8-11/h4-5,10-12H,2-3,6-9,14H2,1H3. The minimum atomic E-state index is -3.13. The molecule has 108 valence electrons. The Balaban J connectivity index is 1.89. The van der Waals surface area contributed by atoms with E-state index in [0.717, 1.165) is 12.8 Å². The van der Waals surface area contributed by atoms with Crippen LogP contribution in [-0.4, -0.2) is 43.9 Å². The van der Waals surface area contributed by atoms with E-state index >= 15 is 0 Å². The van der Waals surface area contributed by atoms with Crippen LogP contribution in [0.2, 0.25) is 0 Å². The normalized spacial score (nSPS) is 32.6. The van der Waals surface area contributed by atoms with Gasteiger partial charge in [-0.15, -0.1) is 0 Å². The SMILES string of the molecule is CS(=O)(=O)N1CCCC(CC(=O)C2C=CC(N)C2)C1. The Bertz CT molecular complexity index is 472. The Hall–Kier alpha value is -0.720. The molecule has 1 aliphatic heterocycles. The number of hydrogen-bond donors (Lipinski definition) is 1. The zero-order valence-corrected chi connectivity index (χ0v) is 12.1. The lowest BCUT2D eigenvalue weighted by Crippen LogP contribution is -2.40. The smallest absolute Gasteiger partial charge is 0.211 e. The molecule has 0 saturated carbocycles. The van der Waals surface area contributed by atoms with E-state index in [0.29, 0.717) is 25.9 Å². The van der Waals surface area contributed by atoms with Gasteiger partial charge in [-0.2, -0.15) is 0 Å². The number of ketones is 1. The monoisotopic (exact) mass is 286 g/mol. The van der Waals surface area contributed by atoms with E-state index in [1.54, 1.807) is 0 Å². The largest absolute Gasteiger partial charge is 0.324 e. The van der Waals surface area contributed by atoms with Gasteiger partial charge in [-0.3, -0.25) is 4.79 Å². The van der Waals surface area contributed by atoms with Crippen LogP contribution < -0.4 is 5.73 Å². The average molecular weight is 286 g/mol. The Morgan fingerprint density at radius 1 is 1.42 bits per heavy atom. The molecule has 2 N–H and O–H groups in total. The van der Waals surface area contributed by atoms with E-state index in [1.807, 2.05) is 12.2 Å². The number of nitrogens with zero attached hydrogens (tertiary/aromatic N) is 1. The molecule has 0 aromatic carbocycles. The molecular formula is C13H22N2O3S. The van der Waals surface area contributed by atoms with Crippen LogP contribution in [0, 0.1) is 11.8 Å². The fourth-order valence-electron chi connectivity index (χ4n) is 2.90. The van der Waals surface area contributed by atoms with Crippen LogP contribution in [0.1, 0.15) is 25.7 Å². The van der Waals surface area contributed by atoms with Crippen LogP contribution in [0.4, 0.5) is 0 Å². The molecule has 19 heavy (non-hydrogen) atoms. The number of rotatable bonds is 4. The fraction of sp³-hybridized carbons (Fsp3) is 0.769. The van der Waals surface area contributed by atoms with Gasteiger partial charge in [0.2, 0.25) is 10.0 Å². The van der Waals surface area contributed by atoms with Crippen molar-refractivity contribution in [3.05, 3.63) is 12.2 Å². The lowest BCUT2D eigenvalue weighted by molar-refractivity contribution is -0.122. The molecule has 5 nitrogen and oxygen atoms in total. The van der Waals surface area contributed by atoms with E-state index in [2.05, 4.69) is 0 Å². The summed E-state index contributed by atoms with van der Waals surface area (Å²) in [4.78, 5) is 12.1. The van der Waals surface area contributed by atoms with Crippen LogP contribution in [-0.2, 0) is 14.8 Å². The number of nitrogens with two attached hydrogens (primary N) is 1. The molecule has 0 spiro atoms. The van der Waals surface area contributed by atoms with Crippen molar-refractivity contribution in [2.45, 2.75) is 31.7 Å². The maximum atomic E-state index is 12.1. The van der Waals surface area contributed by atoms with Crippen molar-refractivity contribution in [2.24, 2.45) is 17.6 Å². The van der Waals surface area contributed by atoms with E-state index in [9.17, 15) is 13.2 Å². The molecule has 0 aromatic heterocycles. The van der Waals surface area contributed by atoms with Crippen molar-refractivity contribution in [3.8, 4) is 0 Å². The van der Waals surface area contributed by atoms with Gasteiger partial charge in [-0.25, -0.2) is 12.7 Å². The quantitative estimate of drug-likeness (QED) is 0.764. The first-order valence-electron chi connectivity index (χ1n) is 6.78. The molecule has 3 atom stereocenters. The summed E-state index contributed by atoms with van der Waals surface area (Å²) in [5, 5.41) is 0. The van der Waals surface area contributed by atoms with Crippen LogP contribution in [0.3, 0.4) is 0 Å². The Morgan fingerprint density at radius 3 is 2.74 bits per heavy atom. The van der Waals surface area contributed by atoms with Gasteiger partial charge in [0.1, 0.15) is 5.78 Å². The highest BCUT2D eigenvalue weighted by atomic mass is 32.2. The maximum absolute atomic E-state index is 12.1. The summed E-state index contributed by atoms with van der Waals surface area (Å²) in [6, 6.07) is -0.00664. The van der Waals surface area contributed by atoms with Crippen molar-refractivity contribution in [1.29, 1.82) is 0 Å². The number of carbonyl (C=O) groups is 1. The van der Waals surface area contributed by atoms with Gasteiger partial charge in [0.25, 0.3) is 0 Å². The number of Topliss-reactive ketones (excluding diaryl/α,β-unsaturated/α-hetero) is 1. The molecular weight excluding hydrogens is 264 g/mol. The molecule has 6 heteroatoms. The van der Waals surface area contributed by atoms with Gasteiger partial charge in [0.05, 0.1) is 6.26 Å². The Kier molecular flexibility index (Phi) is 4.43. The third-order valence-corrected chi connectivity index (χ3v) is 5.24. The summed E-state index contributed by atoms with van der Waals surface area (Å²) in [6.07, 6.45) is 7.94. The second-order valence-electron chi connectivity index (χ2n) is 5.69. The van der Waals surface area contributed by atoms with Crippen molar-refractivity contribution in [3.63, 3.8) is 0 Å². The third-order valence-electron chi connectivity index (χ3n) is 3.97. The molecule has 0 amide bonds. The van der Waals surface area contributed by atoms with Gasteiger partial charge < -0.3 is 5.73 Å². The first-order valence-corrected chi connectivity index (χ1v) is 8.63. The molecule has 3 unspecified atom stereocenters. The molecule has 1 aliphatic carbocycles. The lowest BCUT2D eigenvalue weighted by atomic mass is 9.89. The molecule has 2 aliphatic rings. The summed E-state index contributed by atoms with van der Waals surface area (Å²) in [5.41, 5.74) is 5.75. The van der Waals surface area contributed by atoms with Crippen molar-refractivity contribution in [1.82, 2.24) is 4.31 Å². The summed E-state index contributed by atoms with van der Waals surface area (Å²) in [7, 11) is -3.13. The predicted octanol–water partition coefficient (Wildman–Crippen LogP) is 0.521. The van der Waals surface area contributed by atoms with E-state index in [4.69, 9.17) is 5.73 Å². The number of sulfonamides is 1. The number of hydrogen-bond acceptors (Lipinski definition) is 4. The van der Waals surface area contributed by atoms with E-state index in [1.165, 1.54) is 10.6 Å². The summed E-state index contributed by atoms with van der Waals surface area (Å²) < 4.78 is 24.6. The minimum absolute atomic E-state index is 0.00664. The highest BCUT2D eigenvalue weighted by molar-refractivity contribution is 7.88. The zero-order chi connectivity index (χ0) is 14.0. The van der Waals surface area contributed by atoms with Crippen molar-refractivity contribution < 1.29 is 13.2 Å². The first-order chi connectivity index (χ1) is 8.86. The van der Waals surface area contributed by atoms with E-state index in [-0.39, 0.29) is 23.7 Å². The number of carbonyl (C=O) groups excluding carboxylic acids is 1. The molecule has 1 heterocycles. The van der Waals surface area contributed by atoms with Crippen molar-refractivity contribution in [2.75, 3.05) is 19.3 Å². The molecule has 1 saturated heterocycles. The summed E-state index contributed by atoms with van der Waals surface area (Å²) in [5.74, 6) is 0.286. The number of allylic oxidation sites excluding steroid dienone is 1. The molecule has 2 rings (SSSR count). The maximum Gasteiger partial charge on any atom is 0.211 e. The fourth-order valence-corrected chi connectivity index (χ4v) is 3.84. The van der Waals surface area contributed by atoms with Gasteiger partial charge in [0.15, 0.2) is 0 Å². The van der Waals surface area contributed by atoms with Gasteiger partial charge >= 0.3 is 0 Å². The second-order valence-corrected chi connectivity index (χ2v) is 7.67. The third kappa shape index (κ3) is 3.87. The topological polar surface area (TPSA) is 80.5 Å². The Morgan fingerprint density at radius 2 is 2.16 bits per heavy atom. The van der Waals surface area contributed by atoms with Crippen LogP contribution in [0.25, 0.3) is 0 Å². The molecule has 0 aromatic rings. The molecule has 0 bridgehead atoms. The predicted molar refractivity (Wildman–Crippen MR) is 74.0 cm³/mol. The minimum Gasteiger partial charge on any atom is -0.324 e.